The molecule has 1 aromatic carbocycles. The van der Waals surface area contributed by atoms with Crippen LogP contribution in [-0.4, -0.2) is 42.2 Å². The summed E-state index contributed by atoms with van der Waals surface area (Å²) < 4.78 is 3.10. The zero-order valence-electron chi connectivity index (χ0n) is 19.9. The largest absolute Gasteiger partial charge is 0.342 e. The first-order valence-electron chi connectivity index (χ1n) is 11.5. The normalized spacial score (nSPS) is 11.7. The predicted molar refractivity (Wildman–Crippen MR) is 131 cm³/mol. The average Bonchev–Trinajstić information content (AvgIpc) is 3.13. The van der Waals surface area contributed by atoms with E-state index in [1.165, 1.54) is 4.57 Å². The zero-order valence-corrected chi connectivity index (χ0v) is 19.9. The highest BCUT2D eigenvalue weighted by molar-refractivity contribution is 5.80. The van der Waals surface area contributed by atoms with Crippen molar-refractivity contribution >= 4 is 28.0 Å². The van der Waals surface area contributed by atoms with Crippen molar-refractivity contribution in [1.29, 1.82) is 0 Å². The van der Waals surface area contributed by atoms with E-state index in [9.17, 15) is 9.59 Å². The maximum Gasteiger partial charge on any atom is 0.330 e. The minimum atomic E-state index is -0.512. The van der Waals surface area contributed by atoms with Crippen LogP contribution in [0.2, 0.25) is 0 Å². The van der Waals surface area contributed by atoms with E-state index in [2.05, 4.69) is 52.5 Å². The number of hydrogen-bond donors (Lipinski definition) is 1. The third kappa shape index (κ3) is 4.27. The van der Waals surface area contributed by atoms with Crippen LogP contribution in [0.4, 0.5) is 5.95 Å². The van der Waals surface area contributed by atoms with E-state index >= 15 is 0 Å². The molecule has 3 aromatic heterocycles. The van der Waals surface area contributed by atoms with E-state index in [4.69, 9.17) is 0 Å². The summed E-state index contributed by atoms with van der Waals surface area (Å²) in [6, 6.07) is 7.71. The standard InChI is InChI=1S/C24H31N7O2/c1-6-12-30-20-21(27-23(30)29(7-2)13-15(3)4)28-24(33)31(22(20)32)14-19-25-16(5)17-10-8-9-11-18(17)26-19/h8-11,15H,6-7,12-14H2,1-5H3,(H,28,33). The van der Waals surface area contributed by atoms with Gasteiger partial charge in [-0.2, -0.15) is 4.98 Å². The van der Waals surface area contributed by atoms with E-state index < -0.39 is 5.69 Å². The Morgan fingerprint density at radius 2 is 1.82 bits per heavy atom. The Morgan fingerprint density at radius 3 is 2.52 bits per heavy atom. The molecule has 9 nitrogen and oxygen atoms in total. The van der Waals surface area contributed by atoms with Gasteiger partial charge in [0.15, 0.2) is 11.2 Å². The van der Waals surface area contributed by atoms with Crippen molar-refractivity contribution in [3.05, 3.63) is 56.6 Å². The highest BCUT2D eigenvalue weighted by Crippen LogP contribution is 2.20. The summed E-state index contributed by atoms with van der Waals surface area (Å²) in [4.78, 5) is 45.2. The molecule has 4 aromatic rings. The average molecular weight is 450 g/mol. The van der Waals surface area contributed by atoms with Gasteiger partial charge in [0.2, 0.25) is 5.95 Å². The van der Waals surface area contributed by atoms with Gasteiger partial charge in [0.25, 0.3) is 5.56 Å². The van der Waals surface area contributed by atoms with E-state index in [-0.39, 0.29) is 12.1 Å². The number of rotatable bonds is 8. The van der Waals surface area contributed by atoms with Crippen molar-refractivity contribution < 1.29 is 0 Å². The van der Waals surface area contributed by atoms with Crippen molar-refractivity contribution in [3.63, 3.8) is 0 Å². The number of aryl methyl sites for hydroxylation is 2. The molecule has 0 radical (unpaired) electrons. The summed E-state index contributed by atoms with van der Waals surface area (Å²) in [5.74, 6) is 1.57. The maximum atomic E-state index is 13.6. The molecular weight excluding hydrogens is 418 g/mol. The third-order valence-electron chi connectivity index (χ3n) is 5.70. The second-order valence-corrected chi connectivity index (χ2v) is 8.76. The molecule has 4 rings (SSSR count). The summed E-state index contributed by atoms with van der Waals surface area (Å²) >= 11 is 0. The number of aromatic amines is 1. The fourth-order valence-corrected chi connectivity index (χ4v) is 4.25. The van der Waals surface area contributed by atoms with Crippen molar-refractivity contribution in [2.24, 2.45) is 5.92 Å². The predicted octanol–water partition coefficient (Wildman–Crippen LogP) is 3.08. The Labute approximate surface area is 192 Å². The molecule has 0 spiro atoms. The number of para-hydroxylation sites is 1. The third-order valence-corrected chi connectivity index (χ3v) is 5.70. The number of nitrogens with zero attached hydrogens (tertiary/aromatic N) is 6. The maximum absolute atomic E-state index is 13.6. The highest BCUT2D eigenvalue weighted by Gasteiger charge is 2.22. The Morgan fingerprint density at radius 1 is 1.06 bits per heavy atom. The molecule has 0 amide bonds. The number of fused-ring (bicyclic) bond motifs is 2. The Kier molecular flexibility index (Phi) is 6.31. The van der Waals surface area contributed by atoms with Crippen LogP contribution in [0.15, 0.2) is 33.9 Å². The van der Waals surface area contributed by atoms with Gasteiger partial charge in [0.05, 0.1) is 12.1 Å². The topological polar surface area (TPSA) is 102 Å². The first-order valence-corrected chi connectivity index (χ1v) is 11.5. The van der Waals surface area contributed by atoms with Gasteiger partial charge in [0, 0.05) is 30.7 Å². The highest BCUT2D eigenvalue weighted by atomic mass is 16.2. The first kappa shape index (κ1) is 22.7. The van der Waals surface area contributed by atoms with Gasteiger partial charge >= 0.3 is 5.69 Å². The lowest BCUT2D eigenvalue weighted by molar-refractivity contribution is 0.589. The van der Waals surface area contributed by atoms with Crippen LogP contribution < -0.4 is 16.1 Å². The minimum absolute atomic E-state index is 0.00803. The molecule has 0 saturated carbocycles. The Balaban J connectivity index is 1.86. The molecule has 0 aliphatic carbocycles. The monoisotopic (exact) mass is 449 g/mol. The van der Waals surface area contributed by atoms with Gasteiger partial charge < -0.3 is 9.47 Å². The van der Waals surface area contributed by atoms with Crippen LogP contribution in [0.5, 0.6) is 0 Å². The number of hydrogen-bond acceptors (Lipinski definition) is 6. The number of imidazole rings is 1. The molecule has 33 heavy (non-hydrogen) atoms. The van der Waals surface area contributed by atoms with Crippen LogP contribution in [0, 0.1) is 12.8 Å². The van der Waals surface area contributed by atoms with E-state index in [0.717, 1.165) is 36.1 Å². The molecule has 0 aliphatic rings. The Hall–Kier alpha value is -3.49. The number of aromatic nitrogens is 6. The summed E-state index contributed by atoms with van der Waals surface area (Å²) in [5.41, 5.74) is 1.44. The lowest BCUT2D eigenvalue weighted by atomic mass is 10.2. The zero-order chi connectivity index (χ0) is 23.7. The molecule has 174 valence electrons. The van der Waals surface area contributed by atoms with Gasteiger partial charge in [-0.1, -0.05) is 39.0 Å². The van der Waals surface area contributed by atoms with Crippen LogP contribution in [-0.2, 0) is 13.1 Å². The van der Waals surface area contributed by atoms with Crippen LogP contribution in [0.3, 0.4) is 0 Å². The van der Waals surface area contributed by atoms with Gasteiger partial charge in [-0.3, -0.25) is 14.3 Å². The molecule has 0 saturated heterocycles. The van der Waals surface area contributed by atoms with Crippen molar-refractivity contribution in [2.45, 2.75) is 54.1 Å². The van der Waals surface area contributed by atoms with E-state index in [0.29, 0.717) is 35.4 Å². The Bertz CT molecular complexity index is 1410. The van der Waals surface area contributed by atoms with Crippen LogP contribution in [0.25, 0.3) is 22.1 Å². The van der Waals surface area contributed by atoms with Crippen LogP contribution in [0.1, 0.15) is 45.6 Å². The second-order valence-electron chi connectivity index (χ2n) is 8.76. The molecule has 1 N–H and O–H groups in total. The van der Waals surface area contributed by atoms with Crippen molar-refractivity contribution in [1.82, 2.24) is 29.1 Å². The number of benzene rings is 1. The molecule has 3 heterocycles. The SMILES string of the molecule is CCCn1c(N(CC)CC(C)C)nc2[nH]c(=O)n(Cc3nc(C)c4ccccc4n3)c(=O)c21. The second kappa shape index (κ2) is 9.17. The summed E-state index contributed by atoms with van der Waals surface area (Å²) in [7, 11) is 0. The first-order chi connectivity index (χ1) is 15.8. The van der Waals surface area contributed by atoms with Gasteiger partial charge in [-0.15, -0.1) is 0 Å². The van der Waals surface area contributed by atoms with E-state index in [1.807, 2.05) is 35.8 Å². The summed E-state index contributed by atoms with van der Waals surface area (Å²) in [5, 5.41) is 0.952. The summed E-state index contributed by atoms with van der Waals surface area (Å²) in [6.07, 6.45) is 0.837. The molecule has 0 bridgehead atoms. The van der Waals surface area contributed by atoms with Gasteiger partial charge in [0.1, 0.15) is 5.82 Å². The molecule has 0 fully saturated rings. The quantitative estimate of drug-likeness (QED) is 0.444. The lowest BCUT2D eigenvalue weighted by Gasteiger charge is -2.24. The number of nitrogens with one attached hydrogen (secondary N) is 1. The molecule has 9 heteroatoms. The number of H-pyrrole nitrogens is 1. The van der Waals surface area contributed by atoms with Crippen molar-refractivity contribution in [3.8, 4) is 0 Å². The smallest absolute Gasteiger partial charge is 0.330 e. The lowest BCUT2D eigenvalue weighted by Crippen LogP contribution is -2.36. The van der Waals surface area contributed by atoms with Crippen molar-refractivity contribution in [2.75, 3.05) is 18.0 Å². The molecule has 0 unspecified atom stereocenters. The summed E-state index contributed by atoms with van der Waals surface area (Å²) in [6.45, 7) is 12.5. The van der Waals surface area contributed by atoms with Gasteiger partial charge in [-0.05, 0) is 32.3 Å². The van der Waals surface area contributed by atoms with Gasteiger partial charge in [-0.25, -0.2) is 14.8 Å². The number of anilines is 1. The fourth-order valence-electron chi connectivity index (χ4n) is 4.25. The fraction of sp³-hybridized carbons (Fsp3) is 0.458. The molecular formula is C24H31N7O2. The minimum Gasteiger partial charge on any atom is -0.342 e. The molecule has 0 atom stereocenters. The van der Waals surface area contributed by atoms with E-state index in [1.54, 1.807) is 0 Å². The van der Waals surface area contributed by atoms with Crippen LogP contribution >= 0.6 is 0 Å². The molecule has 0 aliphatic heterocycles.